The van der Waals surface area contributed by atoms with Crippen molar-refractivity contribution in [3.8, 4) is 0 Å². The van der Waals surface area contributed by atoms with Gasteiger partial charge in [0.15, 0.2) is 0 Å². The summed E-state index contributed by atoms with van der Waals surface area (Å²) in [6.07, 6.45) is 0.882. The number of piperidine rings is 1. The van der Waals surface area contributed by atoms with Crippen molar-refractivity contribution < 1.29 is 4.79 Å². The minimum atomic E-state index is -0.209. The van der Waals surface area contributed by atoms with Gasteiger partial charge in [0.1, 0.15) is 0 Å². The van der Waals surface area contributed by atoms with E-state index in [1.165, 1.54) is 22.1 Å². The van der Waals surface area contributed by atoms with Crippen molar-refractivity contribution in [1.29, 1.82) is 0 Å². The molecule has 1 amide bonds. The quantitative estimate of drug-likeness (QED) is 0.438. The molecule has 0 saturated carbocycles. The second-order valence-electron chi connectivity index (χ2n) is 8.27. The van der Waals surface area contributed by atoms with E-state index in [4.69, 9.17) is 0 Å². The molecule has 1 N–H and O–H groups in total. The van der Waals surface area contributed by atoms with E-state index in [0.29, 0.717) is 0 Å². The van der Waals surface area contributed by atoms with E-state index >= 15 is 0 Å². The lowest BCUT2D eigenvalue weighted by molar-refractivity contribution is -0.125. The number of fused-ring (bicyclic) bond motifs is 1. The van der Waals surface area contributed by atoms with Gasteiger partial charge in [-0.25, -0.2) is 0 Å². The molecule has 4 aromatic carbocycles. The third-order valence-corrected chi connectivity index (χ3v) is 6.36. The Bertz CT molecular complexity index is 1170. The highest BCUT2D eigenvalue weighted by atomic mass is 16.2. The van der Waals surface area contributed by atoms with Crippen LogP contribution in [0.1, 0.15) is 46.6 Å². The van der Waals surface area contributed by atoms with E-state index in [1.807, 2.05) is 18.2 Å². The average Bonchev–Trinajstić information content (AvgIpc) is 2.79. The maximum absolute atomic E-state index is 13.6. The van der Waals surface area contributed by atoms with E-state index in [2.05, 4.69) is 91.1 Å². The van der Waals surface area contributed by atoms with Crippen molar-refractivity contribution in [3.63, 3.8) is 0 Å². The van der Waals surface area contributed by atoms with Crippen LogP contribution < -0.4 is 5.32 Å². The highest BCUT2D eigenvalue weighted by Gasteiger charge is 2.39. The second-order valence-corrected chi connectivity index (χ2v) is 8.27. The van der Waals surface area contributed by atoms with Crippen molar-refractivity contribution in [2.75, 3.05) is 0 Å². The summed E-state index contributed by atoms with van der Waals surface area (Å²) in [4.78, 5) is 13.6. The summed E-state index contributed by atoms with van der Waals surface area (Å²) in [5.74, 6) is 0.0196. The molecule has 1 fully saturated rings. The summed E-state index contributed by atoms with van der Waals surface area (Å²) in [6, 6.07) is 33.7. The van der Waals surface area contributed by atoms with Gasteiger partial charge in [0.2, 0.25) is 5.91 Å². The van der Waals surface area contributed by atoms with Gasteiger partial charge in [-0.1, -0.05) is 103 Å². The molecule has 5 rings (SSSR count). The Kier molecular flexibility index (Phi) is 4.84. The Morgan fingerprint density at radius 2 is 1.43 bits per heavy atom. The Balaban J connectivity index is 1.63. The number of hydrogen-bond acceptors (Lipinski definition) is 1. The summed E-state index contributed by atoms with van der Waals surface area (Å²) in [7, 11) is 0. The standard InChI is InChI=1S/C28H25NO/c1-19-14-16-21(17-15-19)25-18-26(22-9-3-2-4-10-22)29-28(30)27(25)24-13-7-11-20-8-5-6-12-23(20)24/h2-17,25-27H,18H2,1H3,(H,29,30). The lowest BCUT2D eigenvalue weighted by Gasteiger charge is -2.37. The van der Waals surface area contributed by atoms with Crippen LogP contribution in [-0.4, -0.2) is 5.91 Å². The predicted molar refractivity (Wildman–Crippen MR) is 123 cm³/mol. The molecule has 0 aromatic heterocycles. The first-order valence-corrected chi connectivity index (χ1v) is 10.6. The molecular weight excluding hydrogens is 366 g/mol. The third-order valence-electron chi connectivity index (χ3n) is 6.36. The van der Waals surface area contributed by atoms with Crippen LogP contribution in [0.2, 0.25) is 0 Å². The Morgan fingerprint density at radius 3 is 2.23 bits per heavy atom. The first-order chi connectivity index (χ1) is 14.7. The topological polar surface area (TPSA) is 29.1 Å². The molecule has 1 saturated heterocycles. The normalized spacial score (nSPS) is 21.4. The molecule has 0 aliphatic carbocycles. The van der Waals surface area contributed by atoms with Crippen LogP contribution in [0.15, 0.2) is 97.1 Å². The maximum Gasteiger partial charge on any atom is 0.228 e. The molecule has 1 heterocycles. The number of amides is 1. The molecule has 3 atom stereocenters. The Labute approximate surface area is 177 Å². The fraction of sp³-hybridized carbons (Fsp3) is 0.179. The predicted octanol–water partition coefficient (Wildman–Crippen LogP) is 6.28. The van der Waals surface area contributed by atoms with E-state index in [1.54, 1.807) is 0 Å². The first kappa shape index (κ1) is 18.6. The number of rotatable bonds is 3. The van der Waals surface area contributed by atoms with Crippen molar-refractivity contribution in [2.24, 2.45) is 0 Å². The summed E-state index contributed by atoms with van der Waals surface area (Å²) in [6.45, 7) is 2.10. The van der Waals surface area contributed by atoms with Gasteiger partial charge in [0, 0.05) is 5.92 Å². The highest BCUT2D eigenvalue weighted by molar-refractivity contribution is 5.94. The van der Waals surface area contributed by atoms with Gasteiger partial charge in [0.05, 0.1) is 12.0 Å². The molecule has 148 valence electrons. The van der Waals surface area contributed by atoms with Gasteiger partial charge >= 0.3 is 0 Å². The summed E-state index contributed by atoms with van der Waals surface area (Å²) >= 11 is 0. The van der Waals surface area contributed by atoms with Crippen LogP contribution >= 0.6 is 0 Å². The molecule has 0 radical (unpaired) electrons. The summed E-state index contributed by atoms with van der Waals surface area (Å²) in [5, 5.41) is 5.66. The molecule has 1 aliphatic rings. The molecule has 1 aliphatic heterocycles. The van der Waals surface area contributed by atoms with E-state index in [9.17, 15) is 4.79 Å². The largest absolute Gasteiger partial charge is 0.349 e. The van der Waals surface area contributed by atoms with Crippen LogP contribution in [-0.2, 0) is 4.79 Å². The van der Waals surface area contributed by atoms with Crippen LogP contribution in [0.5, 0.6) is 0 Å². The lowest BCUT2D eigenvalue weighted by Crippen LogP contribution is -2.42. The van der Waals surface area contributed by atoms with Crippen LogP contribution in [0.3, 0.4) is 0 Å². The van der Waals surface area contributed by atoms with Crippen molar-refractivity contribution in [2.45, 2.75) is 31.2 Å². The molecule has 0 spiro atoms. The molecule has 3 unspecified atom stereocenters. The first-order valence-electron chi connectivity index (χ1n) is 10.6. The fourth-order valence-corrected chi connectivity index (χ4v) is 4.82. The highest BCUT2D eigenvalue weighted by Crippen LogP contribution is 2.45. The van der Waals surface area contributed by atoms with Crippen molar-refractivity contribution >= 4 is 16.7 Å². The van der Waals surface area contributed by atoms with Crippen molar-refractivity contribution in [1.82, 2.24) is 5.32 Å². The van der Waals surface area contributed by atoms with Crippen LogP contribution in [0, 0.1) is 6.92 Å². The van der Waals surface area contributed by atoms with Gasteiger partial charge in [-0.05, 0) is 40.8 Å². The number of carbonyl (C=O) groups excluding carboxylic acids is 1. The average molecular weight is 392 g/mol. The van der Waals surface area contributed by atoms with Gasteiger partial charge in [-0.2, -0.15) is 0 Å². The summed E-state index contributed by atoms with van der Waals surface area (Å²) in [5.41, 5.74) is 4.75. The Hall–Kier alpha value is -3.39. The molecule has 4 aromatic rings. The van der Waals surface area contributed by atoms with E-state index in [-0.39, 0.29) is 23.8 Å². The number of hydrogen-bond donors (Lipinski definition) is 1. The molecule has 30 heavy (non-hydrogen) atoms. The maximum atomic E-state index is 13.6. The van der Waals surface area contributed by atoms with Gasteiger partial charge in [-0.15, -0.1) is 0 Å². The minimum Gasteiger partial charge on any atom is -0.349 e. The van der Waals surface area contributed by atoms with E-state index < -0.39 is 0 Å². The monoisotopic (exact) mass is 391 g/mol. The van der Waals surface area contributed by atoms with Gasteiger partial charge in [-0.3, -0.25) is 4.79 Å². The zero-order valence-corrected chi connectivity index (χ0v) is 17.1. The minimum absolute atomic E-state index is 0.0243. The molecule has 2 nitrogen and oxygen atoms in total. The smallest absolute Gasteiger partial charge is 0.228 e. The van der Waals surface area contributed by atoms with Crippen LogP contribution in [0.25, 0.3) is 10.8 Å². The number of nitrogens with one attached hydrogen (secondary N) is 1. The second kappa shape index (κ2) is 7.79. The number of aryl methyl sites for hydroxylation is 1. The van der Waals surface area contributed by atoms with Gasteiger partial charge < -0.3 is 5.32 Å². The Morgan fingerprint density at radius 1 is 0.733 bits per heavy atom. The fourth-order valence-electron chi connectivity index (χ4n) is 4.82. The van der Waals surface area contributed by atoms with Crippen molar-refractivity contribution in [3.05, 3.63) is 119 Å². The lowest BCUT2D eigenvalue weighted by atomic mass is 9.72. The van der Waals surface area contributed by atoms with Gasteiger partial charge in [0.25, 0.3) is 0 Å². The molecule has 0 bridgehead atoms. The molecule has 2 heteroatoms. The SMILES string of the molecule is Cc1ccc(C2CC(c3ccccc3)NC(=O)C2c2cccc3ccccc23)cc1. The zero-order valence-electron chi connectivity index (χ0n) is 17.1. The number of benzene rings is 4. The summed E-state index contributed by atoms with van der Waals surface area (Å²) < 4.78 is 0. The van der Waals surface area contributed by atoms with Crippen LogP contribution in [0.4, 0.5) is 0 Å². The zero-order chi connectivity index (χ0) is 20.5. The third kappa shape index (κ3) is 3.39. The molecular formula is C28H25NO. The number of carbonyl (C=O) groups is 1. The van der Waals surface area contributed by atoms with E-state index in [0.717, 1.165) is 17.4 Å².